The van der Waals surface area contributed by atoms with Crippen LogP contribution >= 0.6 is 0 Å². The molecule has 5 atom stereocenters. The van der Waals surface area contributed by atoms with E-state index in [1.165, 1.54) is 7.11 Å². The standard InChI is InChI=1S/C18H25F3O5/c1-10(4-15(22)25-3)16(23)26-9-13-6-11-5-12(14(13)7-11)8-17(2,24)18(19,20)21/h11-14,24H,1,4-9H2,2-3H3. The summed E-state index contributed by atoms with van der Waals surface area (Å²) in [5.41, 5.74) is -2.73. The number of rotatable bonds is 7. The van der Waals surface area contributed by atoms with Crippen molar-refractivity contribution in [3.8, 4) is 0 Å². The zero-order valence-corrected chi connectivity index (χ0v) is 15.0. The highest BCUT2D eigenvalue weighted by molar-refractivity contribution is 5.93. The lowest BCUT2D eigenvalue weighted by molar-refractivity contribution is -0.260. The van der Waals surface area contributed by atoms with Gasteiger partial charge in [0, 0.05) is 5.57 Å². The molecule has 2 aliphatic carbocycles. The maximum atomic E-state index is 12.9. The topological polar surface area (TPSA) is 72.8 Å². The molecule has 0 spiro atoms. The van der Waals surface area contributed by atoms with Crippen LogP contribution in [0, 0.1) is 23.7 Å². The van der Waals surface area contributed by atoms with E-state index in [0.29, 0.717) is 12.3 Å². The molecule has 2 rings (SSSR count). The average Bonchev–Trinajstić information content (AvgIpc) is 3.10. The normalized spacial score (nSPS) is 29.9. The molecule has 1 N–H and O–H groups in total. The Bertz CT molecular complexity index is 570. The summed E-state index contributed by atoms with van der Waals surface area (Å²) in [4.78, 5) is 23.0. The summed E-state index contributed by atoms with van der Waals surface area (Å²) < 4.78 is 48.5. The number of alkyl halides is 3. The minimum Gasteiger partial charge on any atom is -0.469 e. The van der Waals surface area contributed by atoms with E-state index >= 15 is 0 Å². The van der Waals surface area contributed by atoms with Crippen molar-refractivity contribution < 1.29 is 37.3 Å². The Balaban J connectivity index is 1.88. The predicted molar refractivity (Wildman–Crippen MR) is 85.8 cm³/mol. The number of ether oxygens (including phenoxy) is 2. The Labute approximate surface area is 150 Å². The van der Waals surface area contributed by atoms with E-state index in [0.717, 1.165) is 19.8 Å². The highest BCUT2D eigenvalue weighted by Gasteiger charge is 2.55. The highest BCUT2D eigenvalue weighted by Crippen LogP contribution is 2.55. The van der Waals surface area contributed by atoms with Crippen molar-refractivity contribution in [3.63, 3.8) is 0 Å². The van der Waals surface area contributed by atoms with Gasteiger partial charge in [0.25, 0.3) is 0 Å². The molecule has 0 aromatic heterocycles. The van der Waals surface area contributed by atoms with Crippen molar-refractivity contribution >= 4 is 11.9 Å². The van der Waals surface area contributed by atoms with Crippen LogP contribution in [0.4, 0.5) is 13.2 Å². The Morgan fingerprint density at radius 1 is 1.19 bits per heavy atom. The third kappa shape index (κ3) is 4.58. The first-order chi connectivity index (χ1) is 11.9. The summed E-state index contributed by atoms with van der Waals surface area (Å²) in [6.45, 7) is 4.39. The lowest BCUT2D eigenvalue weighted by Gasteiger charge is -2.35. The number of methoxy groups -OCH3 is 1. The van der Waals surface area contributed by atoms with Gasteiger partial charge in [-0.1, -0.05) is 6.58 Å². The number of aliphatic hydroxyl groups is 1. The highest BCUT2D eigenvalue weighted by atomic mass is 19.4. The molecule has 5 nitrogen and oxygen atoms in total. The molecule has 0 amide bonds. The molecule has 8 heteroatoms. The fourth-order valence-electron chi connectivity index (χ4n) is 4.31. The first kappa shape index (κ1) is 20.7. The molecule has 2 fully saturated rings. The van der Waals surface area contributed by atoms with Crippen molar-refractivity contribution in [2.45, 2.75) is 50.8 Å². The molecular formula is C18H25F3O5. The summed E-state index contributed by atoms with van der Waals surface area (Å²) in [7, 11) is 1.20. The quantitative estimate of drug-likeness (QED) is 0.545. The SMILES string of the molecule is C=C(CC(=O)OC)C(=O)OCC1CC2CC(CC(C)(O)C(F)(F)F)C1C2. The second kappa shape index (κ2) is 7.58. The molecule has 5 unspecified atom stereocenters. The van der Waals surface area contributed by atoms with Gasteiger partial charge in [0.2, 0.25) is 0 Å². The smallest absolute Gasteiger partial charge is 0.416 e. The van der Waals surface area contributed by atoms with Gasteiger partial charge < -0.3 is 14.6 Å². The predicted octanol–water partition coefficient (Wildman–Crippen LogP) is 3.01. The molecular weight excluding hydrogens is 353 g/mol. The van der Waals surface area contributed by atoms with Crippen molar-refractivity contribution in [2.24, 2.45) is 23.7 Å². The Hall–Kier alpha value is -1.57. The van der Waals surface area contributed by atoms with Crippen molar-refractivity contribution in [2.75, 3.05) is 13.7 Å². The molecule has 0 saturated heterocycles. The van der Waals surface area contributed by atoms with Crippen LogP contribution in [0.15, 0.2) is 12.2 Å². The molecule has 2 bridgehead atoms. The lowest BCUT2D eigenvalue weighted by Crippen LogP contribution is -2.45. The Morgan fingerprint density at radius 3 is 2.35 bits per heavy atom. The average molecular weight is 378 g/mol. The first-order valence-electron chi connectivity index (χ1n) is 8.65. The van der Waals surface area contributed by atoms with Crippen molar-refractivity contribution in [3.05, 3.63) is 12.2 Å². The molecule has 0 aromatic carbocycles. The van der Waals surface area contributed by atoms with Crippen LogP contribution < -0.4 is 0 Å². The summed E-state index contributed by atoms with van der Waals surface area (Å²) in [6, 6.07) is 0. The molecule has 2 aliphatic rings. The van der Waals surface area contributed by atoms with Crippen molar-refractivity contribution in [1.29, 1.82) is 0 Å². The van der Waals surface area contributed by atoms with Crippen molar-refractivity contribution in [1.82, 2.24) is 0 Å². The van der Waals surface area contributed by atoms with Gasteiger partial charge in [-0.25, -0.2) is 4.79 Å². The third-order valence-electron chi connectivity index (χ3n) is 5.66. The van der Waals surface area contributed by atoms with Crippen LogP contribution in [0.5, 0.6) is 0 Å². The number of hydrogen-bond acceptors (Lipinski definition) is 5. The molecule has 148 valence electrons. The van der Waals surface area contributed by atoms with E-state index < -0.39 is 23.7 Å². The molecule has 0 heterocycles. The monoisotopic (exact) mass is 378 g/mol. The number of halogens is 3. The number of fused-ring (bicyclic) bond motifs is 2. The van der Waals surface area contributed by atoms with Crippen LogP contribution in [0.1, 0.15) is 39.0 Å². The fraction of sp³-hybridized carbons (Fsp3) is 0.778. The van der Waals surface area contributed by atoms with E-state index in [-0.39, 0.29) is 42.8 Å². The van der Waals surface area contributed by atoms with Crippen LogP contribution in [-0.4, -0.2) is 42.5 Å². The third-order valence-corrected chi connectivity index (χ3v) is 5.66. The molecule has 0 radical (unpaired) electrons. The maximum Gasteiger partial charge on any atom is 0.416 e. The fourth-order valence-corrected chi connectivity index (χ4v) is 4.31. The van der Waals surface area contributed by atoms with Crippen LogP contribution in [-0.2, 0) is 19.1 Å². The van der Waals surface area contributed by atoms with E-state index in [9.17, 15) is 27.9 Å². The molecule has 0 aliphatic heterocycles. The van der Waals surface area contributed by atoms with E-state index in [4.69, 9.17) is 4.74 Å². The largest absolute Gasteiger partial charge is 0.469 e. The number of carbonyl (C=O) groups excluding carboxylic acids is 2. The van der Waals surface area contributed by atoms with Crippen LogP contribution in [0.2, 0.25) is 0 Å². The zero-order chi connectivity index (χ0) is 19.7. The van der Waals surface area contributed by atoms with E-state index in [1.807, 2.05) is 0 Å². The van der Waals surface area contributed by atoms with E-state index in [1.54, 1.807) is 0 Å². The van der Waals surface area contributed by atoms with E-state index in [2.05, 4.69) is 11.3 Å². The summed E-state index contributed by atoms with van der Waals surface area (Å²) in [6.07, 6.45) is -3.00. The number of esters is 2. The summed E-state index contributed by atoms with van der Waals surface area (Å²) in [5.74, 6) is -1.27. The minimum atomic E-state index is -4.66. The summed E-state index contributed by atoms with van der Waals surface area (Å²) >= 11 is 0. The Kier molecular flexibility index (Phi) is 6.05. The number of hydrogen-bond donors (Lipinski definition) is 1. The lowest BCUT2D eigenvalue weighted by atomic mass is 9.75. The van der Waals surface area contributed by atoms with Gasteiger partial charge in [-0.3, -0.25) is 4.79 Å². The second-order valence-electron chi connectivity index (χ2n) is 7.69. The first-order valence-corrected chi connectivity index (χ1v) is 8.65. The minimum absolute atomic E-state index is 0.00417. The second-order valence-corrected chi connectivity index (χ2v) is 7.69. The molecule has 2 saturated carbocycles. The summed E-state index contributed by atoms with van der Waals surface area (Å²) in [5, 5.41) is 9.76. The van der Waals surface area contributed by atoms with Gasteiger partial charge in [0.15, 0.2) is 5.60 Å². The van der Waals surface area contributed by atoms with Gasteiger partial charge in [0.1, 0.15) is 0 Å². The van der Waals surface area contributed by atoms with Gasteiger partial charge >= 0.3 is 18.1 Å². The van der Waals surface area contributed by atoms with Gasteiger partial charge in [0.05, 0.1) is 20.1 Å². The van der Waals surface area contributed by atoms with Crippen LogP contribution in [0.25, 0.3) is 0 Å². The zero-order valence-electron chi connectivity index (χ0n) is 15.0. The molecule has 0 aromatic rings. The van der Waals surface area contributed by atoms with Gasteiger partial charge in [-0.2, -0.15) is 13.2 Å². The Morgan fingerprint density at radius 2 is 1.81 bits per heavy atom. The number of carbonyl (C=O) groups is 2. The molecule has 26 heavy (non-hydrogen) atoms. The maximum absolute atomic E-state index is 12.9. The van der Waals surface area contributed by atoms with Gasteiger partial charge in [-0.05, 0) is 56.3 Å². The van der Waals surface area contributed by atoms with Crippen LogP contribution in [0.3, 0.4) is 0 Å². The van der Waals surface area contributed by atoms with Gasteiger partial charge in [-0.15, -0.1) is 0 Å².